The second kappa shape index (κ2) is 5.49. The molecule has 0 fully saturated rings. The second-order valence-electron chi connectivity index (χ2n) is 3.03. The molecule has 0 spiro atoms. The minimum absolute atomic E-state index is 0.178. The van der Waals surface area contributed by atoms with Crippen molar-refractivity contribution in [2.24, 2.45) is 5.73 Å². The molecule has 0 aliphatic heterocycles. The summed E-state index contributed by atoms with van der Waals surface area (Å²) < 4.78 is 2.30. The first-order valence-corrected chi connectivity index (χ1v) is 6.75. The number of rotatable bonds is 4. The summed E-state index contributed by atoms with van der Waals surface area (Å²) in [6.45, 7) is 2.19. The van der Waals surface area contributed by atoms with Crippen molar-refractivity contribution < 1.29 is 0 Å². The van der Waals surface area contributed by atoms with Gasteiger partial charge in [0.15, 0.2) is 0 Å². The number of halogens is 2. The van der Waals surface area contributed by atoms with Crippen molar-refractivity contribution in [2.45, 2.75) is 32.2 Å². The summed E-state index contributed by atoms with van der Waals surface area (Å²) in [6, 6.07) is 2.28. The van der Waals surface area contributed by atoms with E-state index in [4.69, 9.17) is 5.73 Å². The molecule has 1 atom stereocenters. The molecular weight excluding hydrogens is 314 g/mol. The topological polar surface area (TPSA) is 26.0 Å². The molecule has 0 saturated carbocycles. The molecule has 0 bridgehead atoms. The van der Waals surface area contributed by atoms with E-state index < -0.39 is 0 Å². The van der Waals surface area contributed by atoms with Crippen LogP contribution < -0.4 is 5.73 Å². The third-order valence-electron chi connectivity index (χ3n) is 1.95. The minimum Gasteiger partial charge on any atom is -0.324 e. The molecule has 0 aliphatic carbocycles. The fourth-order valence-corrected chi connectivity index (χ4v) is 4.19. The van der Waals surface area contributed by atoms with E-state index in [2.05, 4.69) is 44.8 Å². The molecular formula is C9H13Br2NS. The van der Waals surface area contributed by atoms with E-state index in [1.165, 1.54) is 18.4 Å². The highest BCUT2D eigenvalue weighted by Crippen LogP contribution is 2.36. The van der Waals surface area contributed by atoms with Gasteiger partial charge in [0.1, 0.15) is 0 Å². The first kappa shape index (κ1) is 11.7. The third-order valence-corrected chi connectivity index (χ3v) is 4.34. The zero-order chi connectivity index (χ0) is 9.84. The fourth-order valence-electron chi connectivity index (χ4n) is 1.19. The van der Waals surface area contributed by atoms with Crippen LogP contribution in [0.5, 0.6) is 0 Å². The van der Waals surface area contributed by atoms with Crippen LogP contribution in [0.3, 0.4) is 0 Å². The summed E-state index contributed by atoms with van der Waals surface area (Å²) in [4.78, 5) is 0. The third kappa shape index (κ3) is 3.35. The Morgan fingerprint density at radius 1 is 1.54 bits per heavy atom. The van der Waals surface area contributed by atoms with Crippen molar-refractivity contribution >= 4 is 43.2 Å². The summed E-state index contributed by atoms with van der Waals surface area (Å²) in [5, 5.41) is 0. The lowest BCUT2D eigenvalue weighted by atomic mass is 10.1. The van der Waals surface area contributed by atoms with Crippen molar-refractivity contribution in [3.63, 3.8) is 0 Å². The zero-order valence-corrected chi connectivity index (χ0v) is 11.5. The van der Waals surface area contributed by atoms with Gasteiger partial charge in [0, 0.05) is 6.04 Å². The van der Waals surface area contributed by atoms with Gasteiger partial charge in [-0.15, -0.1) is 11.3 Å². The van der Waals surface area contributed by atoms with Crippen molar-refractivity contribution in [1.29, 1.82) is 0 Å². The number of nitrogens with two attached hydrogens (primary N) is 1. The van der Waals surface area contributed by atoms with Gasteiger partial charge in [-0.1, -0.05) is 19.8 Å². The van der Waals surface area contributed by atoms with Crippen molar-refractivity contribution in [3.05, 3.63) is 19.2 Å². The van der Waals surface area contributed by atoms with E-state index in [-0.39, 0.29) is 6.04 Å². The lowest BCUT2D eigenvalue weighted by molar-refractivity contribution is 0.603. The Bertz CT molecular complexity index is 273. The smallest absolute Gasteiger partial charge is 0.0758 e. The van der Waals surface area contributed by atoms with Crippen molar-refractivity contribution in [2.75, 3.05) is 0 Å². The highest BCUT2D eigenvalue weighted by molar-refractivity contribution is 9.12. The molecule has 13 heavy (non-hydrogen) atoms. The molecule has 74 valence electrons. The fraction of sp³-hybridized carbons (Fsp3) is 0.556. The maximum atomic E-state index is 6.05. The molecule has 1 aromatic heterocycles. The van der Waals surface area contributed by atoms with E-state index in [1.807, 2.05) is 0 Å². The van der Waals surface area contributed by atoms with Gasteiger partial charge in [-0.3, -0.25) is 0 Å². The Hall–Kier alpha value is 0.620. The molecule has 0 amide bonds. The number of unbranched alkanes of at least 4 members (excludes halogenated alkanes) is 1. The molecule has 1 nitrogen and oxygen atoms in total. The Kier molecular flexibility index (Phi) is 4.94. The van der Waals surface area contributed by atoms with Crippen LogP contribution in [0.1, 0.15) is 37.8 Å². The quantitative estimate of drug-likeness (QED) is 0.868. The van der Waals surface area contributed by atoms with Crippen molar-refractivity contribution in [3.8, 4) is 0 Å². The Morgan fingerprint density at radius 3 is 2.69 bits per heavy atom. The van der Waals surface area contributed by atoms with Gasteiger partial charge in [0.25, 0.3) is 0 Å². The SMILES string of the molecule is CCCCC(N)c1cc(Br)sc1Br. The zero-order valence-electron chi connectivity index (χ0n) is 7.52. The molecule has 0 saturated heterocycles. The average Bonchev–Trinajstić information content (AvgIpc) is 2.41. The summed E-state index contributed by atoms with van der Waals surface area (Å²) in [7, 11) is 0. The Morgan fingerprint density at radius 2 is 2.23 bits per heavy atom. The van der Waals surface area contributed by atoms with E-state index in [0.29, 0.717) is 0 Å². The first-order chi connectivity index (χ1) is 6.15. The summed E-state index contributed by atoms with van der Waals surface area (Å²) in [6.07, 6.45) is 3.47. The van der Waals surface area contributed by atoms with Crippen LogP contribution in [0.15, 0.2) is 13.6 Å². The summed E-state index contributed by atoms with van der Waals surface area (Å²) >= 11 is 8.65. The highest BCUT2D eigenvalue weighted by Gasteiger charge is 2.12. The van der Waals surface area contributed by atoms with E-state index >= 15 is 0 Å². The van der Waals surface area contributed by atoms with Crippen LogP contribution in [0.25, 0.3) is 0 Å². The lowest BCUT2D eigenvalue weighted by Gasteiger charge is -2.09. The Labute approximate surface area is 100.0 Å². The molecule has 4 heteroatoms. The van der Waals surface area contributed by atoms with Crippen LogP contribution in [-0.4, -0.2) is 0 Å². The van der Waals surface area contributed by atoms with Crippen LogP contribution in [0.2, 0.25) is 0 Å². The van der Waals surface area contributed by atoms with Gasteiger partial charge in [-0.25, -0.2) is 0 Å². The van der Waals surface area contributed by atoms with Gasteiger partial charge >= 0.3 is 0 Å². The first-order valence-electron chi connectivity index (χ1n) is 4.35. The molecule has 1 rings (SSSR count). The molecule has 0 radical (unpaired) electrons. The number of hydrogen-bond acceptors (Lipinski definition) is 2. The highest BCUT2D eigenvalue weighted by atomic mass is 79.9. The summed E-state index contributed by atoms with van der Waals surface area (Å²) in [5.74, 6) is 0. The standard InChI is InChI=1S/C9H13Br2NS/c1-2-3-4-7(12)6-5-8(10)13-9(6)11/h5,7H,2-4,12H2,1H3. The van der Waals surface area contributed by atoms with Gasteiger partial charge in [0.05, 0.1) is 7.57 Å². The van der Waals surface area contributed by atoms with Crippen molar-refractivity contribution in [1.82, 2.24) is 0 Å². The monoisotopic (exact) mass is 325 g/mol. The number of hydrogen-bond donors (Lipinski definition) is 1. The average molecular weight is 327 g/mol. The van der Waals surface area contributed by atoms with Gasteiger partial charge in [-0.05, 0) is 49.9 Å². The number of thiophene rings is 1. The van der Waals surface area contributed by atoms with Crippen LogP contribution in [0.4, 0.5) is 0 Å². The van der Waals surface area contributed by atoms with Crippen LogP contribution >= 0.6 is 43.2 Å². The van der Waals surface area contributed by atoms with Gasteiger partial charge in [0.2, 0.25) is 0 Å². The van der Waals surface area contributed by atoms with Crippen LogP contribution in [0, 0.1) is 0 Å². The molecule has 0 aliphatic rings. The van der Waals surface area contributed by atoms with Gasteiger partial charge < -0.3 is 5.73 Å². The van der Waals surface area contributed by atoms with E-state index in [0.717, 1.165) is 14.0 Å². The predicted molar refractivity (Wildman–Crippen MR) is 66.2 cm³/mol. The molecule has 1 heterocycles. The Balaban J connectivity index is 2.64. The maximum Gasteiger partial charge on any atom is 0.0758 e. The largest absolute Gasteiger partial charge is 0.324 e. The predicted octanol–water partition coefficient (Wildman–Crippen LogP) is 4.46. The molecule has 1 unspecified atom stereocenters. The minimum atomic E-state index is 0.178. The molecule has 2 N–H and O–H groups in total. The summed E-state index contributed by atoms with van der Waals surface area (Å²) in [5.41, 5.74) is 7.28. The van der Waals surface area contributed by atoms with Gasteiger partial charge in [-0.2, -0.15) is 0 Å². The normalized spacial score (nSPS) is 13.2. The lowest BCUT2D eigenvalue weighted by Crippen LogP contribution is -2.09. The maximum absolute atomic E-state index is 6.05. The van der Waals surface area contributed by atoms with E-state index in [9.17, 15) is 0 Å². The van der Waals surface area contributed by atoms with Crippen LogP contribution in [-0.2, 0) is 0 Å². The second-order valence-corrected chi connectivity index (χ2v) is 6.78. The molecule has 0 aromatic carbocycles. The molecule has 1 aromatic rings. The van der Waals surface area contributed by atoms with E-state index in [1.54, 1.807) is 11.3 Å².